The Morgan fingerprint density at radius 2 is 2.27 bits per heavy atom. The van der Waals surface area contributed by atoms with Crippen LogP contribution in [0.3, 0.4) is 0 Å². The fourth-order valence-electron chi connectivity index (χ4n) is 2.92. The number of para-hydroxylation sites is 1. The lowest BCUT2D eigenvalue weighted by atomic mass is 9.95. The Kier molecular flexibility index (Phi) is 6.43. The van der Waals surface area contributed by atoms with Crippen molar-refractivity contribution in [2.45, 2.75) is 19.1 Å². The molecule has 1 aliphatic rings. The molecule has 0 radical (unpaired) electrons. The average Bonchev–Trinajstić information content (AvgIpc) is 3.14. The van der Waals surface area contributed by atoms with Crippen LogP contribution in [0.4, 0.5) is 4.79 Å². The van der Waals surface area contributed by atoms with Gasteiger partial charge in [-0.15, -0.1) is 11.3 Å². The Bertz CT molecular complexity index is 737. The zero-order valence-electron chi connectivity index (χ0n) is 14.7. The molecule has 3 rings (SSSR count). The first-order chi connectivity index (χ1) is 12.7. The van der Waals surface area contributed by atoms with Gasteiger partial charge in [-0.25, -0.2) is 9.78 Å². The Labute approximate surface area is 156 Å². The number of amides is 2. The van der Waals surface area contributed by atoms with Crippen molar-refractivity contribution in [3.05, 3.63) is 35.3 Å². The van der Waals surface area contributed by atoms with Crippen LogP contribution >= 0.6 is 11.3 Å². The highest BCUT2D eigenvalue weighted by atomic mass is 32.1. The monoisotopic (exact) mass is 376 g/mol. The second-order valence-electron chi connectivity index (χ2n) is 6.22. The molecule has 26 heavy (non-hydrogen) atoms. The molecule has 4 N–H and O–H groups in total. The normalized spacial score (nSPS) is 19.8. The number of aromatic nitrogens is 1. The number of urea groups is 1. The maximum atomic E-state index is 12.0. The summed E-state index contributed by atoms with van der Waals surface area (Å²) < 4.78 is 5.37. The third-order valence-corrected chi connectivity index (χ3v) is 5.46. The van der Waals surface area contributed by atoms with Crippen molar-refractivity contribution in [3.8, 4) is 16.3 Å². The molecule has 8 heteroatoms. The lowest BCUT2D eigenvalue weighted by Gasteiger charge is -2.28. The van der Waals surface area contributed by atoms with Crippen LogP contribution in [-0.4, -0.2) is 49.0 Å². The number of benzene rings is 1. The summed E-state index contributed by atoms with van der Waals surface area (Å²) in [6.07, 6.45) is 2.22. The van der Waals surface area contributed by atoms with Gasteiger partial charge in [0.1, 0.15) is 10.8 Å². The van der Waals surface area contributed by atoms with Crippen molar-refractivity contribution in [3.63, 3.8) is 0 Å². The lowest BCUT2D eigenvalue weighted by molar-refractivity contribution is 0.0827. The van der Waals surface area contributed by atoms with E-state index >= 15 is 0 Å². The van der Waals surface area contributed by atoms with Crippen molar-refractivity contribution >= 4 is 17.4 Å². The molecule has 1 aromatic carbocycles. The largest absolute Gasteiger partial charge is 0.496 e. The Balaban J connectivity index is 1.49. The van der Waals surface area contributed by atoms with Crippen LogP contribution in [0.15, 0.2) is 30.5 Å². The number of thiazole rings is 1. The number of nitrogens with one attached hydrogen (secondary N) is 3. The van der Waals surface area contributed by atoms with E-state index < -0.39 is 6.10 Å². The number of rotatable bonds is 6. The van der Waals surface area contributed by atoms with E-state index in [-0.39, 0.29) is 11.9 Å². The van der Waals surface area contributed by atoms with E-state index in [1.807, 2.05) is 24.3 Å². The first-order valence-corrected chi connectivity index (χ1v) is 9.47. The Morgan fingerprint density at radius 3 is 3.08 bits per heavy atom. The minimum Gasteiger partial charge on any atom is -0.496 e. The molecule has 0 spiro atoms. The minimum atomic E-state index is -0.408. The van der Waals surface area contributed by atoms with Crippen LogP contribution in [0.1, 0.15) is 11.3 Å². The number of hydrogen-bond donors (Lipinski definition) is 4. The molecule has 2 heterocycles. The average molecular weight is 376 g/mol. The quantitative estimate of drug-likeness (QED) is 0.614. The summed E-state index contributed by atoms with van der Waals surface area (Å²) in [5, 5.41) is 19.6. The zero-order chi connectivity index (χ0) is 18.4. The number of aliphatic hydroxyl groups excluding tert-OH is 1. The lowest BCUT2D eigenvalue weighted by Crippen LogP contribution is -2.47. The highest BCUT2D eigenvalue weighted by Gasteiger charge is 2.23. The van der Waals surface area contributed by atoms with E-state index in [2.05, 4.69) is 20.9 Å². The predicted octanol–water partition coefficient (Wildman–Crippen LogP) is 1.59. The van der Waals surface area contributed by atoms with Gasteiger partial charge in [0, 0.05) is 30.1 Å². The van der Waals surface area contributed by atoms with Gasteiger partial charge in [0.05, 0.1) is 25.3 Å². The summed E-state index contributed by atoms with van der Waals surface area (Å²) >= 11 is 1.52. The van der Waals surface area contributed by atoms with Crippen molar-refractivity contribution in [2.75, 3.05) is 26.7 Å². The number of aliphatic hydroxyl groups is 1. The van der Waals surface area contributed by atoms with E-state index in [1.165, 1.54) is 11.3 Å². The third kappa shape index (κ3) is 4.72. The molecule has 0 unspecified atom stereocenters. The van der Waals surface area contributed by atoms with Crippen LogP contribution < -0.4 is 20.7 Å². The fraction of sp³-hybridized carbons (Fsp3) is 0.444. The SMILES string of the molecule is COc1ccccc1-c1ncc(CNC(=O)NC[C@@H]2CCNC[C@H]2O)s1. The molecule has 2 amide bonds. The van der Waals surface area contributed by atoms with Gasteiger partial charge < -0.3 is 25.8 Å². The number of ether oxygens (including phenoxy) is 1. The van der Waals surface area contributed by atoms with Gasteiger partial charge in [-0.1, -0.05) is 12.1 Å². The van der Waals surface area contributed by atoms with Gasteiger partial charge in [0.15, 0.2) is 0 Å². The van der Waals surface area contributed by atoms with E-state index in [0.717, 1.165) is 34.2 Å². The van der Waals surface area contributed by atoms with Gasteiger partial charge in [0.25, 0.3) is 0 Å². The van der Waals surface area contributed by atoms with Gasteiger partial charge in [-0.2, -0.15) is 0 Å². The highest BCUT2D eigenvalue weighted by Crippen LogP contribution is 2.32. The number of nitrogens with zero attached hydrogens (tertiary/aromatic N) is 1. The molecule has 1 aromatic heterocycles. The minimum absolute atomic E-state index is 0.0996. The van der Waals surface area contributed by atoms with E-state index in [1.54, 1.807) is 13.3 Å². The summed E-state index contributed by atoms with van der Waals surface area (Å²) in [5.41, 5.74) is 0.940. The standard InChI is InChI=1S/C18H24N4O3S/c1-25-16-5-3-2-4-14(16)17-20-9-13(26-17)10-22-18(24)21-8-12-6-7-19-11-15(12)23/h2-5,9,12,15,19,23H,6-8,10-11H2,1H3,(H2,21,22,24)/t12-,15+/m0/s1. The molecule has 1 saturated heterocycles. The smallest absolute Gasteiger partial charge is 0.315 e. The van der Waals surface area contributed by atoms with Crippen LogP contribution in [0.5, 0.6) is 5.75 Å². The van der Waals surface area contributed by atoms with Gasteiger partial charge >= 0.3 is 6.03 Å². The summed E-state index contributed by atoms with van der Waals surface area (Å²) in [6.45, 7) is 2.34. The van der Waals surface area contributed by atoms with Gasteiger partial charge in [-0.05, 0) is 25.1 Å². The first kappa shape index (κ1) is 18.6. The predicted molar refractivity (Wildman–Crippen MR) is 101 cm³/mol. The van der Waals surface area contributed by atoms with Crippen molar-refractivity contribution in [1.29, 1.82) is 0 Å². The summed E-state index contributed by atoms with van der Waals surface area (Å²) in [6, 6.07) is 7.49. The second kappa shape index (κ2) is 8.98. The van der Waals surface area contributed by atoms with Crippen LogP contribution in [0.2, 0.25) is 0 Å². The maximum Gasteiger partial charge on any atom is 0.315 e. The molecule has 2 atom stereocenters. The van der Waals surface area contributed by atoms with Crippen LogP contribution in [-0.2, 0) is 6.54 Å². The number of methoxy groups -OCH3 is 1. The van der Waals surface area contributed by atoms with Crippen molar-refractivity contribution in [1.82, 2.24) is 20.9 Å². The fourth-order valence-corrected chi connectivity index (χ4v) is 3.81. The highest BCUT2D eigenvalue weighted by molar-refractivity contribution is 7.15. The second-order valence-corrected chi connectivity index (χ2v) is 7.33. The van der Waals surface area contributed by atoms with Crippen molar-refractivity contribution < 1.29 is 14.6 Å². The van der Waals surface area contributed by atoms with E-state index in [0.29, 0.717) is 19.6 Å². The maximum absolute atomic E-state index is 12.0. The molecule has 140 valence electrons. The molecule has 0 bridgehead atoms. The molecule has 1 aliphatic heterocycles. The van der Waals surface area contributed by atoms with E-state index in [4.69, 9.17) is 4.74 Å². The number of β-amino-alcohol motifs (C(OH)–C–C–N with tert-alkyl or cyclic N) is 1. The molecule has 2 aromatic rings. The molecular weight excluding hydrogens is 352 g/mol. The molecule has 0 aliphatic carbocycles. The van der Waals surface area contributed by atoms with Gasteiger partial charge in [0.2, 0.25) is 0 Å². The summed E-state index contributed by atoms with van der Waals surface area (Å²) in [5.74, 6) is 0.877. The topological polar surface area (TPSA) is 95.5 Å². The number of carbonyl (C=O) groups excluding carboxylic acids is 1. The van der Waals surface area contributed by atoms with E-state index in [9.17, 15) is 9.90 Å². The van der Waals surface area contributed by atoms with Gasteiger partial charge in [-0.3, -0.25) is 0 Å². The van der Waals surface area contributed by atoms with Crippen LogP contribution in [0, 0.1) is 5.92 Å². The molecular formula is C18H24N4O3S. The molecule has 7 nitrogen and oxygen atoms in total. The number of piperidine rings is 1. The van der Waals surface area contributed by atoms with Crippen LogP contribution in [0.25, 0.3) is 10.6 Å². The Hall–Kier alpha value is -2.16. The molecule has 0 saturated carbocycles. The zero-order valence-corrected chi connectivity index (χ0v) is 15.5. The molecule has 1 fully saturated rings. The van der Waals surface area contributed by atoms with Crippen molar-refractivity contribution in [2.24, 2.45) is 5.92 Å². The Morgan fingerprint density at radius 1 is 1.42 bits per heavy atom. The summed E-state index contributed by atoms with van der Waals surface area (Å²) in [7, 11) is 1.64. The number of hydrogen-bond acceptors (Lipinski definition) is 6. The summed E-state index contributed by atoms with van der Waals surface area (Å²) in [4.78, 5) is 17.4. The number of carbonyl (C=O) groups is 1. The third-order valence-electron chi connectivity index (χ3n) is 4.43. The first-order valence-electron chi connectivity index (χ1n) is 8.66.